The van der Waals surface area contributed by atoms with Gasteiger partial charge in [0.05, 0.1) is 5.56 Å². The van der Waals surface area contributed by atoms with Crippen LogP contribution in [0.15, 0.2) is 71.4 Å². The molecule has 7 heteroatoms. The minimum Gasteiger partial charge on any atom is -0.478 e. The molecule has 186 valence electrons. The van der Waals surface area contributed by atoms with Crippen LogP contribution in [-0.2, 0) is 0 Å². The third-order valence-corrected chi connectivity index (χ3v) is 7.10. The van der Waals surface area contributed by atoms with Crippen molar-refractivity contribution >= 4 is 17.9 Å². The van der Waals surface area contributed by atoms with Gasteiger partial charge < -0.3 is 14.5 Å². The molecule has 2 fully saturated rings. The number of hydrogen-bond donors (Lipinski definition) is 1. The van der Waals surface area contributed by atoms with Crippen LogP contribution in [0.3, 0.4) is 0 Å². The van der Waals surface area contributed by atoms with E-state index in [1.165, 1.54) is 17.7 Å². The molecule has 3 heterocycles. The number of aryl methyl sites for hydroxylation is 1. The number of pyridine rings is 1. The number of aromatic nitrogens is 2. The molecule has 6 rings (SSSR count). The normalized spacial score (nSPS) is 15.8. The highest BCUT2D eigenvalue weighted by Gasteiger charge is 2.32. The van der Waals surface area contributed by atoms with E-state index in [1.54, 1.807) is 6.20 Å². The Kier molecular flexibility index (Phi) is 5.83. The number of halogens is 1. The fourth-order valence-corrected chi connectivity index (χ4v) is 4.82. The molecule has 6 nitrogen and oxygen atoms in total. The third-order valence-electron chi connectivity index (χ3n) is 7.10. The molecule has 2 aromatic heterocycles. The molecular formula is C30H26FN3O3. The predicted octanol–water partition coefficient (Wildman–Crippen LogP) is 6.58. The molecule has 0 bridgehead atoms. The quantitative estimate of drug-likeness (QED) is 0.312. The first-order valence-electron chi connectivity index (χ1n) is 12.5. The Morgan fingerprint density at radius 2 is 1.92 bits per heavy atom. The zero-order chi connectivity index (χ0) is 25.5. The topological polar surface area (TPSA) is 79.5 Å². The number of carboxylic acids is 1. The molecule has 4 aromatic rings. The minimum atomic E-state index is -1.16. The second-order valence-corrected chi connectivity index (χ2v) is 9.86. The molecule has 0 unspecified atom stereocenters. The summed E-state index contributed by atoms with van der Waals surface area (Å²) in [5, 5.41) is 13.6. The van der Waals surface area contributed by atoms with Crippen molar-refractivity contribution in [1.82, 2.24) is 10.1 Å². The van der Waals surface area contributed by atoms with Gasteiger partial charge in [0, 0.05) is 47.8 Å². The summed E-state index contributed by atoms with van der Waals surface area (Å²) in [5.41, 5.74) is 5.36. The lowest BCUT2D eigenvalue weighted by Crippen LogP contribution is -2.46. The van der Waals surface area contributed by atoms with Gasteiger partial charge in [0.25, 0.3) is 0 Å². The van der Waals surface area contributed by atoms with Crippen LogP contribution in [0.5, 0.6) is 0 Å². The van der Waals surface area contributed by atoms with Crippen LogP contribution < -0.4 is 4.90 Å². The Balaban J connectivity index is 1.15. The van der Waals surface area contributed by atoms with E-state index in [1.807, 2.05) is 24.3 Å². The number of carbonyl (C=O) groups is 1. The molecule has 1 aliphatic heterocycles. The van der Waals surface area contributed by atoms with E-state index in [2.05, 4.69) is 46.2 Å². The van der Waals surface area contributed by atoms with Gasteiger partial charge in [-0.1, -0.05) is 41.6 Å². The van der Waals surface area contributed by atoms with Crippen LogP contribution in [0.25, 0.3) is 28.5 Å². The first kappa shape index (κ1) is 23.2. The maximum atomic E-state index is 13.9. The molecule has 0 spiro atoms. The number of hydrogen-bond acceptors (Lipinski definition) is 5. The Morgan fingerprint density at radius 3 is 2.62 bits per heavy atom. The summed E-state index contributed by atoms with van der Waals surface area (Å²) >= 11 is 0. The maximum Gasteiger partial charge on any atom is 0.335 e. The average molecular weight is 496 g/mol. The van der Waals surface area contributed by atoms with Gasteiger partial charge in [-0.05, 0) is 61.2 Å². The number of benzene rings is 2. The van der Waals surface area contributed by atoms with Gasteiger partial charge >= 0.3 is 5.97 Å². The molecule has 0 amide bonds. The van der Waals surface area contributed by atoms with Crippen molar-refractivity contribution in [3.8, 4) is 22.4 Å². The standard InChI is InChI=1S/C30H26FN3O3/c1-18-4-2-3-5-25(18)28-26(29(37-33-28)20-7-8-20)10-6-19-16-34(17-19)27-11-9-21(15-32-27)22-12-23(30(35)36)14-24(31)13-22/h2-6,9-15,19-20H,7-8,16-17H2,1H3,(H,35,36)/b10-6+. The number of nitrogens with zero attached hydrogens (tertiary/aromatic N) is 3. The zero-order valence-corrected chi connectivity index (χ0v) is 20.4. The number of aromatic carboxylic acids is 1. The predicted molar refractivity (Wildman–Crippen MR) is 140 cm³/mol. The lowest BCUT2D eigenvalue weighted by molar-refractivity contribution is 0.0696. The Labute approximate surface area is 214 Å². The number of rotatable bonds is 7. The van der Waals surface area contributed by atoms with Gasteiger partial charge in [-0.3, -0.25) is 0 Å². The van der Waals surface area contributed by atoms with Gasteiger partial charge in [-0.15, -0.1) is 0 Å². The van der Waals surface area contributed by atoms with E-state index >= 15 is 0 Å². The highest BCUT2D eigenvalue weighted by Crippen LogP contribution is 2.45. The van der Waals surface area contributed by atoms with Gasteiger partial charge in [-0.25, -0.2) is 14.2 Å². The Hall–Kier alpha value is -4.26. The summed E-state index contributed by atoms with van der Waals surface area (Å²) in [4.78, 5) is 18.0. The van der Waals surface area contributed by atoms with Crippen LogP contribution in [0.2, 0.25) is 0 Å². The summed E-state index contributed by atoms with van der Waals surface area (Å²) < 4.78 is 19.7. The van der Waals surface area contributed by atoms with Crippen molar-refractivity contribution in [3.63, 3.8) is 0 Å². The van der Waals surface area contributed by atoms with Gasteiger partial charge in [0.15, 0.2) is 0 Å². The summed E-state index contributed by atoms with van der Waals surface area (Å²) in [6.07, 6.45) is 8.37. The lowest BCUT2D eigenvalue weighted by atomic mass is 9.95. The lowest BCUT2D eigenvalue weighted by Gasteiger charge is -2.38. The molecular weight excluding hydrogens is 469 g/mol. The fraction of sp³-hybridized carbons (Fsp3) is 0.233. The average Bonchev–Trinajstić information content (AvgIpc) is 3.63. The van der Waals surface area contributed by atoms with Gasteiger partial charge in [-0.2, -0.15) is 0 Å². The largest absolute Gasteiger partial charge is 0.478 e. The van der Waals surface area contributed by atoms with E-state index in [0.717, 1.165) is 60.4 Å². The van der Waals surface area contributed by atoms with Crippen molar-refractivity contribution in [2.75, 3.05) is 18.0 Å². The molecule has 37 heavy (non-hydrogen) atoms. The van der Waals surface area contributed by atoms with Crippen molar-refractivity contribution < 1.29 is 18.8 Å². The van der Waals surface area contributed by atoms with Crippen molar-refractivity contribution in [2.24, 2.45) is 5.92 Å². The van der Waals surface area contributed by atoms with Crippen molar-refractivity contribution in [3.05, 3.63) is 95.1 Å². The van der Waals surface area contributed by atoms with E-state index in [9.17, 15) is 14.3 Å². The van der Waals surface area contributed by atoms with Crippen molar-refractivity contribution in [1.29, 1.82) is 0 Å². The third kappa shape index (κ3) is 4.65. The van der Waals surface area contributed by atoms with Gasteiger partial charge in [0.2, 0.25) is 0 Å². The molecule has 1 aliphatic carbocycles. The molecule has 0 radical (unpaired) electrons. The SMILES string of the molecule is Cc1ccccc1-c1noc(C2CC2)c1/C=C/C1CN(c2ccc(-c3cc(F)cc(C(=O)O)c3)cn2)C1. The van der Waals surface area contributed by atoms with Gasteiger partial charge in [0.1, 0.15) is 23.1 Å². The van der Waals surface area contributed by atoms with E-state index in [-0.39, 0.29) is 5.56 Å². The molecule has 1 N–H and O–H groups in total. The van der Waals surface area contributed by atoms with Crippen LogP contribution >= 0.6 is 0 Å². The number of anilines is 1. The number of carboxylic acid groups (broad SMARTS) is 1. The smallest absolute Gasteiger partial charge is 0.335 e. The van der Waals surface area contributed by atoms with E-state index in [0.29, 0.717) is 23.0 Å². The van der Waals surface area contributed by atoms with Crippen LogP contribution in [0, 0.1) is 18.7 Å². The summed E-state index contributed by atoms with van der Waals surface area (Å²) in [5.74, 6) is 0.939. The van der Waals surface area contributed by atoms with Crippen LogP contribution in [0.4, 0.5) is 10.2 Å². The highest BCUT2D eigenvalue weighted by molar-refractivity contribution is 5.89. The summed E-state index contributed by atoms with van der Waals surface area (Å²) in [6, 6.07) is 15.8. The molecule has 2 aromatic carbocycles. The van der Waals surface area contributed by atoms with E-state index < -0.39 is 11.8 Å². The Morgan fingerprint density at radius 1 is 1.11 bits per heavy atom. The molecule has 1 saturated heterocycles. The van der Waals surface area contributed by atoms with E-state index in [4.69, 9.17) is 4.52 Å². The second kappa shape index (κ2) is 9.32. The van der Waals surface area contributed by atoms with Crippen LogP contribution in [-0.4, -0.2) is 34.3 Å². The Bertz CT molecular complexity index is 1500. The first-order chi connectivity index (χ1) is 18.0. The second-order valence-electron chi connectivity index (χ2n) is 9.86. The summed E-state index contributed by atoms with van der Waals surface area (Å²) in [7, 11) is 0. The zero-order valence-electron chi connectivity index (χ0n) is 20.4. The minimum absolute atomic E-state index is 0.0836. The molecule has 2 aliphatic rings. The van der Waals surface area contributed by atoms with Crippen molar-refractivity contribution in [2.45, 2.75) is 25.7 Å². The highest BCUT2D eigenvalue weighted by atomic mass is 19.1. The summed E-state index contributed by atoms with van der Waals surface area (Å²) in [6.45, 7) is 3.78. The maximum absolute atomic E-state index is 13.9. The molecule has 0 atom stereocenters. The molecule has 1 saturated carbocycles. The monoisotopic (exact) mass is 495 g/mol. The van der Waals surface area contributed by atoms with Crippen LogP contribution in [0.1, 0.15) is 46.0 Å². The first-order valence-corrected chi connectivity index (χ1v) is 12.5. The fourth-order valence-electron chi connectivity index (χ4n) is 4.82.